The summed E-state index contributed by atoms with van der Waals surface area (Å²) in [4.78, 5) is 21.7. The molecule has 26 heavy (non-hydrogen) atoms. The van der Waals surface area contributed by atoms with Crippen molar-refractivity contribution in [2.75, 3.05) is 11.9 Å². The summed E-state index contributed by atoms with van der Waals surface area (Å²) in [5.74, 6) is 0.243. The molecule has 0 unspecified atom stereocenters. The van der Waals surface area contributed by atoms with Gasteiger partial charge in [-0.1, -0.05) is 17.7 Å². The molecule has 6 nitrogen and oxygen atoms in total. The van der Waals surface area contributed by atoms with E-state index in [1.54, 1.807) is 16.7 Å². The fourth-order valence-electron chi connectivity index (χ4n) is 2.33. The first kappa shape index (κ1) is 18.6. The fourth-order valence-corrected chi connectivity index (χ4v) is 2.47. The highest BCUT2D eigenvalue weighted by atomic mass is 35.5. The van der Waals surface area contributed by atoms with Crippen LogP contribution in [-0.2, 0) is 9.53 Å². The van der Waals surface area contributed by atoms with Crippen molar-refractivity contribution in [3.8, 4) is 0 Å². The van der Waals surface area contributed by atoms with Crippen LogP contribution >= 0.6 is 11.6 Å². The molecule has 0 saturated heterocycles. The molecule has 0 fully saturated rings. The summed E-state index contributed by atoms with van der Waals surface area (Å²) < 4.78 is 7.59. The zero-order valence-corrected chi connectivity index (χ0v) is 16.4. The summed E-state index contributed by atoms with van der Waals surface area (Å²) in [7, 11) is 0. The first-order chi connectivity index (χ1) is 12.1. The van der Waals surface area contributed by atoms with Gasteiger partial charge < -0.3 is 4.74 Å². The molecule has 0 radical (unpaired) electrons. The van der Waals surface area contributed by atoms with Crippen LogP contribution in [0.4, 0.5) is 5.95 Å². The summed E-state index contributed by atoms with van der Waals surface area (Å²) in [5, 5.41) is 3.29. The Bertz CT molecular complexity index is 919. The van der Waals surface area contributed by atoms with E-state index < -0.39 is 5.41 Å². The van der Waals surface area contributed by atoms with Gasteiger partial charge in [-0.3, -0.25) is 14.7 Å². The molecule has 0 bridgehead atoms. The lowest BCUT2D eigenvalue weighted by Crippen LogP contribution is -2.38. The maximum atomic E-state index is 12.8. The second-order valence-corrected chi connectivity index (χ2v) is 8.32. The lowest BCUT2D eigenvalue weighted by atomic mass is 9.93. The number of imidazole rings is 1. The Kier molecular flexibility index (Phi) is 4.67. The molecule has 0 aromatic carbocycles. The van der Waals surface area contributed by atoms with Crippen LogP contribution in [0.3, 0.4) is 0 Å². The van der Waals surface area contributed by atoms with Crippen LogP contribution < -0.4 is 5.32 Å². The minimum atomic E-state index is -0.717. The second kappa shape index (κ2) is 6.52. The third-order valence-corrected chi connectivity index (χ3v) is 4.18. The normalized spacial score (nSPS) is 14.3. The van der Waals surface area contributed by atoms with E-state index in [4.69, 9.17) is 16.3 Å². The molecule has 1 amide bonds. The second-order valence-electron chi connectivity index (χ2n) is 7.94. The summed E-state index contributed by atoms with van der Waals surface area (Å²) in [6.07, 6.45) is 5.76. The van der Waals surface area contributed by atoms with Crippen molar-refractivity contribution >= 4 is 40.3 Å². The molecular weight excluding hydrogens is 352 g/mol. The van der Waals surface area contributed by atoms with E-state index in [2.05, 4.69) is 15.3 Å². The highest BCUT2D eigenvalue weighted by Gasteiger charge is 2.31. The van der Waals surface area contributed by atoms with Crippen LogP contribution in [0, 0.1) is 5.41 Å². The number of allylic oxidation sites excluding steroid dienone is 4. The van der Waals surface area contributed by atoms with Gasteiger partial charge in [-0.05, 0) is 58.9 Å². The molecule has 1 N–H and O–H groups in total. The Balaban J connectivity index is 1.89. The lowest BCUT2D eigenvalue weighted by molar-refractivity contribution is -0.130. The Morgan fingerprint density at radius 1 is 1.23 bits per heavy atom. The van der Waals surface area contributed by atoms with Gasteiger partial charge in [0.15, 0.2) is 5.65 Å². The number of pyridine rings is 1. The largest absolute Gasteiger partial charge is 0.375 e. The van der Waals surface area contributed by atoms with Crippen LogP contribution in [0.5, 0.6) is 0 Å². The number of hydrogen-bond acceptors (Lipinski definition) is 4. The van der Waals surface area contributed by atoms with Crippen molar-refractivity contribution in [3.63, 3.8) is 0 Å². The standard InChI is InChI=1S/C19H23ClN4O2/c1-18(2,3)26-11-19(4,5)16(25)23-17-21-13-9-10-14(20)22-15(13)24(17)12-7-6-8-12/h6-10H,11H2,1-5H3,(H,21,23,25). The van der Waals surface area contributed by atoms with Crippen LogP contribution in [0.1, 0.15) is 34.6 Å². The minimum Gasteiger partial charge on any atom is -0.375 e. The number of ether oxygens (including phenoxy) is 1. The predicted molar refractivity (Wildman–Crippen MR) is 104 cm³/mol. The van der Waals surface area contributed by atoms with Crippen LogP contribution in [0.2, 0.25) is 5.15 Å². The number of carbonyl (C=O) groups is 1. The smallest absolute Gasteiger partial charge is 0.234 e. The molecule has 0 atom stereocenters. The van der Waals surface area contributed by atoms with Crippen LogP contribution in [0.15, 0.2) is 30.4 Å². The third kappa shape index (κ3) is 3.81. The van der Waals surface area contributed by atoms with Crippen molar-refractivity contribution in [1.29, 1.82) is 0 Å². The van der Waals surface area contributed by atoms with E-state index in [1.165, 1.54) is 0 Å². The first-order valence-electron chi connectivity index (χ1n) is 8.46. The molecule has 1 aliphatic carbocycles. The van der Waals surface area contributed by atoms with E-state index in [9.17, 15) is 4.79 Å². The number of anilines is 1. The fraction of sp³-hybridized carbons (Fsp3) is 0.421. The molecule has 0 aliphatic heterocycles. The number of aromatic nitrogens is 3. The number of nitrogens with zero attached hydrogens (tertiary/aromatic N) is 3. The molecule has 7 heteroatoms. The molecule has 1 aliphatic rings. The van der Waals surface area contributed by atoms with Gasteiger partial charge in [0.05, 0.1) is 23.3 Å². The number of halogens is 1. The average Bonchev–Trinajstić information content (AvgIpc) is 2.81. The van der Waals surface area contributed by atoms with Gasteiger partial charge in [-0.25, -0.2) is 9.97 Å². The first-order valence-corrected chi connectivity index (χ1v) is 8.84. The zero-order chi connectivity index (χ0) is 19.1. The molecule has 0 spiro atoms. The summed E-state index contributed by atoms with van der Waals surface area (Å²) >= 11 is 6.03. The van der Waals surface area contributed by atoms with E-state index in [0.29, 0.717) is 28.9 Å². The molecule has 138 valence electrons. The summed E-state index contributed by atoms with van der Waals surface area (Å²) in [5.41, 5.74) is 1.13. The van der Waals surface area contributed by atoms with E-state index >= 15 is 0 Å². The maximum Gasteiger partial charge on any atom is 0.234 e. The number of hydrogen-bond donors (Lipinski definition) is 1. The van der Waals surface area contributed by atoms with Gasteiger partial charge in [-0.2, -0.15) is 0 Å². The highest BCUT2D eigenvalue weighted by Crippen LogP contribution is 2.29. The topological polar surface area (TPSA) is 69.0 Å². The quantitative estimate of drug-likeness (QED) is 0.793. The minimum absolute atomic E-state index is 0.173. The van der Waals surface area contributed by atoms with Gasteiger partial charge in [0.2, 0.25) is 11.9 Å². The molecule has 2 aromatic heterocycles. The third-order valence-electron chi connectivity index (χ3n) is 3.97. The van der Waals surface area contributed by atoms with E-state index in [0.717, 1.165) is 5.70 Å². The predicted octanol–water partition coefficient (Wildman–Crippen LogP) is 4.28. The Labute approximate surface area is 157 Å². The lowest BCUT2D eigenvalue weighted by Gasteiger charge is -2.28. The molecule has 3 rings (SSSR count). The maximum absolute atomic E-state index is 12.8. The van der Waals surface area contributed by atoms with Gasteiger partial charge >= 0.3 is 0 Å². The van der Waals surface area contributed by atoms with Gasteiger partial charge in [0.1, 0.15) is 10.7 Å². The number of carbonyl (C=O) groups excluding carboxylic acids is 1. The molecule has 0 saturated carbocycles. The van der Waals surface area contributed by atoms with Crippen molar-refractivity contribution < 1.29 is 9.53 Å². The number of nitrogens with one attached hydrogen (secondary N) is 1. The Morgan fingerprint density at radius 2 is 1.92 bits per heavy atom. The summed E-state index contributed by atoms with van der Waals surface area (Å²) in [6.45, 7) is 9.88. The average molecular weight is 375 g/mol. The highest BCUT2D eigenvalue weighted by molar-refractivity contribution is 6.29. The van der Waals surface area contributed by atoms with Crippen molar-refractivity contribution in [2.24, 2.45) is 5.41 Å². The summed E-state index contributed by atoms with van der Waals surface area (Å²) in [6, 6.07) is 3.46. The van der Waals surface area contributed by atoms with E-state index in [-0.39, 0.29) is 11.5 Å². The number of amides is 1. The van der Waals surface area contributed by atoms with Crippen LogP contribution in [0.25, 0.3) is 16.9 Å². The monoisotopic (exact) mass is 374 g/mol. The van der Waals surface area contributed by atoms with Crippen LogP contribution in [-0.4, -0.2) is 32.7 Å². The number of fused-ring (bicyclic) bond motifs is 1. The molecule has 2 aromatic rings. The van der Waals surface area contributed by atoms with Gasteiger partial charge in [-0.15, -0.1) is 0 Å². The Hall–Kier alpha value is -2.18. The van der Waals surface area contributed by atoms with Gasteiger partial charge in [0.25, 0.3) is 0 Å². The van der Waals surface area contributed by atoms with Crippen molar-refractivity contribution in [3.05, 3.63) is 35.5 Å². The zero-order valence-electron chi connectivity index (χ0n) is 15.6. The van der Waals surface area contributed by atoms with E-state index in [1.807, 2.05) is 52.8 Å². The number of rotatable bonds is 5. The SMILES string of the molecule is CC(C)(C)OCC(C)(C)C(=O)Nc1nc2ccc(Cl)nc2n1C1=CC=C1. The Morgan fingerprint density at radius 3 is 2.50 bits per heavy atom. The molecule has 2 heterocycles. The van der Waals surface area contributed by atoms with Gasteiger partial charge in [0, 0.05) is 0 Å². The van der Waals surface area contributed by atoms with Crippen molar-refractivity contribution in [1.82, 2.24) is 14.5 Å². The molecular formula is C19H23ClN4O2. The van der Waals surface area contributed by atoms with Crippen molar-refractivity contribution in [2.45, 2.75) is 40.2 Å².